The Kier molecular flexibility index (Phi) is 8.81. The molecule has 9 heteroatoms. The standard InChI is InChI=1S/C22H37NO6SSi/c1-8-11-27-21(26)29-14(2)16-17(23-20(16)25)19-18(24)15(10-13-30-19)9-12-28-31(6,7)22(3,4)5/h8,14-17,19H,1,9-13H2,2-7H3,(H,23,25)/t14-,15+,16-,17?,19?/m1/s1. The number of carbonyl (C=O) groups is 3. The van der Waals surface area contributed by atoms with Crippen LogP contribution in [0.3, 0.4) is 0 Å². The van der Waals surface area contributed by atoms with Crippen molar-refractivity contribution in [2.75, 3.05) is 19.0 Å². The predicted octanol–water partition coefficient (Wildman–Crippen LogP) is 3.93. The lowest BCUT2D eigenvalue weighted by molar-refractivity contribution is -0.142. The number of hydrogen-bond acceptors (Lipinski definition) is 7. The molecule has 0 aromatic rings. The van der Waals surface area contributed by atoms with Crippen molar-refractivity contribution in [3.05, 3.63) is 12.7 Å². The molecule has 31 heavy (non-hydrogen) atoms. The van der Waals surface area contributed by atoms with Gasteiger partial charge in [0.25, 0.3) is 0 Å². The third kappa shape index (κ3) is 6.35. The quantitative estimate of drug-likeness (QED) is 0.236. The summed E-state index contributed by atoms with van der Waals surface area (Å²) in [5.74, 6) is 0.192. The number of Topliss-reactive ketones (excluding diaryl/α,β-unsaturated/α-hetero) is 1. The Labute approximate surface area is 191 Å². The van der Waals surface area contributed by atoms with Crippen LogP contribution in [-0.2, 0) is 23.5 Å². The van der Waals surface area contributed by atoms with E-state index in [2.05, 4.69) is 45.8 Å². The van der Waals surface area contributed by atoms with E-state index in [4.69, 9.17) is 13.9 Å². The second kappa shape index (κ2) is 10.5. The van der Waals surface area contributed by atoms with Gasteiger partial charge in [-0.25, -0.2) is 4.79 Å². The molecule has 2 heterocycles. The van der Waals surface area contributed by atoms with E-state index in [1.54, 1.807) is 18.7 Å². The lowest BCUT2D eigenvalue weighted by Gasteiger charge is -2.45. The molecule has 0 aromatic carbocycles. The number of β-lactam (4-membered cyclic amide) rings is 1. The smallest absolute Gasteiger partial charge is 0.430 e. The predicted molar refractivity (Wildman–Crippen MR) is 125 cm³/mol. The van der Waals surface area contributed by atoms with Crippen LogP contribution in [0.1, 0.15) is 40.5 Å². The molecule has 0 aromatic heterocycles. The van der Waals surface area contributed by atoms with Crippen LogP contribution in [0.25, 0.3) is 0 Å². The SMILES string of the molecule is C=CCOC(=O)O[C@H](C)[C@H]1C(=O)NC1C1SCC[C@H](CCO[Si](C)(C)C(C)(C)C)C1=O. The molecular formula is C22H37NO6SSi. The van der Waals surface area contributed by atoms with Crippen molar-refractivity contribution >= 4 is 37.9 Å². The molecule has 1 amide bonds. The molecule has 2 aliphatic rings. The highest BCUT2D eigenvalue weighted by molar-refractivity contribution is 8.00. The average Bonchev–Trinajstić information content (AvgIpc) is 2.65. The molecule has 2 rings (SSSR count). The van der Waals surface area contributed by atoms with Crippen LogP contribution < -0.4 is 5.32 Å². The van der Waals surface area contributed by atoms with Gasteiger partial charge in [-0.05, 0) is 43.7 Å². The molecule has 0 spiro atoms. The van der Waals surface area contributed by atoms with Crippen LogP contribution >= 0.6 is 11.8 Å². The van der Waals surface area contributed by atoms with Gasteiger partial charge in [0.15, 0.2) is 14.1 Å². The maximum absolute atomic E-state index is 13.2. The summed E-state index contributed by atoms with van der Waals surface area (Å²) in [6, 6.07) is -0.337. The number of ether oxygens (including phenoxy) is 2. The van der Waals surface area contributed by atoms with E-state index in [0.29, 0.717) is 13.0 Å². The number of nitrogens with one attached hydrogen (secondary N) is 1. The number of ketones is 1. The second-order valence-corrected chi connectivity index (χ2v) is 15.9. The van der Waals surface area contributed by atoms with Crippen molar-refractivity contribution in [3.63, 3.8) is 0 Å². The minimum absolute atomic E-state index is 0.0431. The molecule has 0 saturated carbocycles. The fraction of sp³-hybridized carbons (Fsp3) is 0.773. The zero-order valence-corrected chi connectivity index (χ0v) is 21.4. The van der Waals surface area contributed by atoms with Gasteiger partial charge in [-0.2, -0.15) is 0 Å². The monoisotopic (exact) mass is 471 g/mol. The highest BCUT2D eigenvalue weighted by atomic mass is 32.2. The van der Waals surface area contributed by atoms with Crippen molar-refractivity contribution in [2.24, 2.45) is 11.8 Å². The Bertz CT molecular complexity index is 692. The highest BCUT2D eigenvalue weighted by Crippen LogP contribution is 2.39. The van der Waals surface area contributed by atoms with Crippen LogP contribution in [0.5, 0.6) is 0 Å². The van der Waals surface area contributed by atoms with Crippen LogP contribution in [-0.4, -0.2) is 62.5 Å². The van der Waals surface area contributed by atoms with E-state index >= 15 is 0 Å². The van der Waals surface area contributed by atoms with Crippen LogP contribution in [0.2, 0.25) is 18.1 Å². The van der Waals surface area contributed by atoms with Crippen molar-refractivity contribution in [3.8, 4) is 0 Å². The lowest BCUT2D eigenvalue weighted by atomic mass is 9.80. The zero-order chi connectivity index (χ0) is 23.4. The molecular weight excluding hydrogens is 434 g/mol. The van der Waals surface area contributed by atoms with E-state index in [1.807, 2.05) is 0 Å². The average molecular weight is 472 g/mol. The van der Waals surface area contributed by atoms with Crippen molar-refractivity contribution in [1.29, 1.82) is 0 Å². The van der Waals surface area contributed by atoms with Crippen LogP contribution in [0, 0.1) is 11.8 Å². The largest absolute Gasteiger partial charge is 0.508 e. The van der Waals surface area contributed by atoms with Crippen LogP contribution in [0.4, 0.5) is 4.79 Å². The molecule has 5 atom stereocenters. The van der Waals surface area contributed by atoms with Crippen LogP contribution in [0.15, 0.2) is 12.7 Å². The first-order chi connectivity index (χ1) is 14.4. The van der Waals surface area contributed by atoms with Gasteiger partial charge in [0.1, 0.15) is 12.7 Å². The van der Waals surface area contributed by atoms with Gasteiger partial charge in [-0.3, -0.25) is 9.59 Å². The molecule has 2 fully saturated rings. The third-order valence-electron chi connectivity index (χ3n) is 6.61. The molecule has 2 saturated heterocycles. The lowest BCUT2D eigenvalue weighted by Crippen LogP contribution is -2.68. The zero-order valence-electron chi connectivity index (χ0n) is 19.6. The van der Waals surface area contributed by atoms with E-state index < -0.39 is 26.5 Å². The fourth-order valence-electron chi connectivity index (χ4n) is 3.61. The van der Waals surface area contributed by atoms with Gasteiger partial charge in [-0.1, -0.05) is 33.4 Å². The van der Waals surface area contributed by atoms with Gasteiger partial charge < -0.3 is 19.2 Å². The Morgan fingerprint density at radius 2 is 2.03 bits per heavy atom. The molecule has 0 aliphatic carbocycles. The summed E-state index contributed by atoms with van der Waals surface area (Å²) < 4.78 is 16.3. The van der Waals surface area contributed by atoms with Crippen molar-refractivity contribution in [1.82, 2.24) is 5.32 Å². The summed E-state index contributed by atoms with van der Waals surface area (Å²) in [5.41, 5.74) is 0. The van der Waals surface area contributed by atoms with E-state index in [0.717, 1.165) is 12.2 Å². The molecule has 176 valence electrons. The summed E-state index contributed by atoms with van der Waals surface area (Å²) in [7, 11) is -1.85. The second-order valence-electron chi connectivity index (χ2n) is 9.81. The first-order valence-electron chi connectivity index (χ1n) is 10.9. The van der Waals surface area contributed by atoms with Crippen molar-refractivity contribution < 1.29 is 28.3 Å². The number of thioether (sulfide) groups is 1. The Hall–Kier alpha value is -1.32. The molecule has 7 nitrogen and oxygen atoms in total. The van der Waals surface area contributed by atoms with Gasteiger partial charge in [0.2, 0.25) is 5.91 Å². The summed E-state index contributed by atoms with van der Waals surface area (Å²) in [5, 5.41) is 2.66. The topological polar surface area (TPSA) is 90.9 Å². The Balaban J connectivity index is 1.93. The Morgan fingerprint density at radius 3 is 2.61 bits per heavy atom. The van der Waals surface area contributed by atoms with Gasteiger partial charge in [0.05, 0.1) is 17.2 Å². The van der Waals surface area contributed by atoms with Gasteiger partial charge in [0, 0.05) is 12.5 Å². The highest BCUT2D eigenvalue weighted by Gasteiger charge is 2.52. The number of rotatable bonds is 9. The normalized spacial score (nSPS) is 27.7. The van der Waals surface area contributed by atoms with E-state index in [1.165, 1.54) is 6.08 Å². The molecule has 0 bridgehead atoms. The first kappa shape index (κ1) is 25.9. The van der Waals surface area contributed by atoms with Crippen molar-refractivity contribution in [2.45, 2.75) is 76.1 Å². The molecule has 1 N–H and O–H groups in total. The summed E-state index contributed by atoms with van der Waals surface area (Å²) >= 11 is 1.58. The van der Waals surface area contributed by atoms with E-state index in [-0.39, 0.29) is 40.5 Å². The number of hydrogen-bond donors (Lipinski definition) is 1. The summed E-state index contributed by atoms with van der Waals surface area (Å²) in [6.45, 7) is 16.8. The maximum atomic E-state index is 13.2. The Morgan fingerprint density at radius 1 is 1.35 bits per heavy atom. The van der Waals surface area contributed by atoms with Gasteiger partial charge >= 0.3 is 6.16 Å². The number of carbonyl (C=O) groups excluding carboxylic acids is 3. The molecule has 0 radical (unpaired) electrons. The summed E-state index contributed by atoms with van der Waals surface area (Å²) in [4.78, 5) is 37.1. The third-order valence-corrected chi connectivity index (χ3v) is 12.5. The van der Waals surface area contributed by atoms with E-state index in [9.17, 15) is 14.4 Å². The summed E-state index contributed by atoms with van der Waals surface area (Å²) in [6.07, 6.45) is 1.46. The minimum atomic E-state index is -1.85. The van der Waals surface area contributed by atoms with Gasteiger partial charge in [-0.15, -0.1) is 11.8 Å². The maximum Gasteiger partial charge on any atom is 0.508 e. The number of amides is 1. The molecule has 2 unspecified atom stereocenters. The molecule has 2 aliphatic heterocycles. The first-order valence-corrected chi connectivity index (χ1v) is 14.9. The fourth-order valence-corrected chi connectivity index (χ4v) is 6.14. The minimum Gasteiger partial charge on any atom is -0.430 e.